The van der Waals surface area contributed by atoms with Crippen LogP contribution in [0.25, 0.3) is 33.3 Å². The molecule has 0 atom stereocenters. The minimum Gasteiger partial charge on any atom is -0.384 e. The third-order valence-corrected chi connectivity index (χ3v) is 5.88. The highest BCUT2D eigenvalue weighted by Crippen LogP contribution is 2.45. The van der Waals surface area contributed by atoms with Gasteiger partial charge in [-0.25, -0.2) is 4.98 Å². The van der Waals surface area contributed by atoms with Crippen molar-refractivity contribution in [3.63, 3.8) is 0 Å². The summed E-state index contributed by atoms with van der Waals surface area (Å²) >= 11 is 0. The van der Waals surface area contributed by atoms with Crippen molar-refractivity contribution in [1.29, 1.82) is 10.5 Å². The molecule has 8 heteroatoms. The molecular formula is C23H18N8. The molecule has 0 radical (unpaired) electrons. The van der Waals surface area contributed by atoms with Gasteiger partial charge >= 0.3 is 0 Å². The van der Waals surface area contributed by atoms with E-state index in [-0.39, 0.29) is 12.3 Å². The highest BCUT2D eigenvalue weighted by molar-refractivity contribution is 5.97. The summed E-state index contributed by atoms with van der Waals surface area (Å²) in [5.41, 5.74) is 9.52. The molecule has 8 nitrogen and oxygen atoms in total. The lowest BCUT2D eigenvalue weighted by molar-refractivity contribution is 0.0713. The molecule has 0 spiro atoms. The lowest BCUT2D eigenvalue weighted by Gasteiger charge is -2.42. The zero-order valence-corrected chi connectivity index (χ0v) is 16.6. The van der Waals surface area contributed by atoms with E-state index in [1.807, 2.05) is 30.3 Å². The van der Waals surface area contributed by atoms with Gasteiger partial charge in [0.2, 0.25) is 0 Å². The van der Waals surface area contributed by atoms with Crippen LogP contribution in [0.1, 0.15) is 19.3 Å². The number of aromatic nitrogens is 5. The summed E-state index contributed by atoms with van der Waals surface area (Å²) < 4.78 is 0. The Morgan fingerprint density at radius 3 is 2.71 bits per heavy atom. The predicted octanol–water partition coefficient (Wildman–Crippen LogP) is 3.68. The van der Waals surface area contributed by atoms with E-state index in [9.17, 15) is 10.5 Å². The van der Waals surface area contributed by atoms with E-state index < -0.39 is 5.54 Å². The van der Waals surface area contributed by atoms with Gasteiger partial charge in [-0.2, -0.15) is 25.5 Å². The van der Waals surface area contributed by atoms with Crippen LogP contribution >= 0.6 is 0 Å². The number of anilines is 1. The minimum atomic E-state index is -0.514. The SMILES string of the molecule is N#CC[C@]1(n2ncc(-c3cc(-c4ccc(N)nc4)cc4ncccc34)n2)C[C@@H](C#N)C1. The van der Waals surface area contributed by atoms with Crippen molar-refractivity contribution in [2.75, 3.05) is 5.73 Å². The fourth-order valence-electron chi connectivity index (χ4n) is 4.23. The number of fused-ring (bicyclic) bond motifs is 1. The van der Waals surface area contributed by atoms with Crippen LogP contribution in [0.3, 0.4) is 0 Å². The van der Waals surface area contributed by atoms with Gasteiger partial charge in [0.15, 0.2) is 0 Å². The molecule has 0 saturated heterocycles. The molecule has 0 aliphatic heterocycles. The molecule has 1 fully saturated rings. The molecule has 3 aromatic heterocycles. The van der Waals surface area contributed by atoms with Gasteiger partial charge in [-0.15, -0.1) is 0 Å². The summed E-state index contributed by atoms with van der Waals surface area (Å²) in [5, 5.41) is 28.7. The average Bonchev–Trinajstić information content (AvgIpc) is 3.26. The number of nitrogens with two attached hydrogens (primary N) is 1. The second-order valence-corrected chi connectivity index (χ2v) is 7.88. The summed E-state index contributed by atoms with van der Waals surface area (Å²) in [6.07, 6.45) is 6.66. The summed E-state index contributed by atoms with van der Waals surface area (Å²) in [5.74, 6) is 0.402. The largest absolute Gasteiger partial charge is 0.384 e. The first-order chi connectivity index (χ1) is 15.1. The first-order valence-corrected chi connectivity index (χ1v) is 9.92. The third kappa shape index (κ3) is 3.15. The Hall–Kier alpha value is -4.30. The first-order valence-electron chi connectivity index (χ1n) is 9.92. The Labute approximate surface area is 178 Å². The zero-order chi connectivity index (χ0) is 21.4. The zero-order valence-electron chi connectivity index (χ0n) is 16.6. The molecule has 1 aliphatic rings. The second-order valence-electron chi connectivity index (χ2n) is 7.88. The number of hydrogen-bond donors (Lipinski definition) is 1. The standard InChI is InChI=1S/C23H18N8/c24-6-5-23(10-15(11-23)12-25)31-29-14-21(30-31)19-8-17(16-3-4-22(26)28-13-16)9-20-18(19)2-1-7-27-20/h1-4,7-9,13-15H,5,10-11H2,(H2,26,28)/t15-,23+. The van der Waals surface area contributed by atoms with Gasteiger partial charge in [0.05, 0.1) is 41.7 Å². The number of rotatable bonds is 4. The Morgan fingerprint density at radius 2 is 1.97 bits per heavy atom. The number of nitrogen functional groups attached to an aromatic ring is 1. The minimum absolute atomic E-state index is 0.0609. The van der Waals surface area contributed by atoms with Crippen LogP contribution in [0.4, 0.5) is 5.82 Å². The highest BCUT2D eigenvalue weighted by atomic mass is 15.5. The van der Waals surface area contributed by atoms with E-state index in [4.69, 9.17) is 10.8 Å². The molecule has 1 saturated carbocycles. The topological polar surface area (TPSA) is 130 Å². The molecule has 3 heterocycles. The Kier molecular flexibility index (Phi) is 4.34. The first kappa shape index (κ1) is 18.7. The molecule has 1 aliphatic carbocycles. The van der Waals surface area contributed by atoms with Gasteiger partial charge in [-0.1, -0.05) is 6.07 Å². The number of nitrogens with zero attached hydrogens (tertiary/aromatic N) is 7. The van der Waals surface area contributed by atoms with Crippen LogP contribution in [-0.2, 0) is 5.54 Å². The maximum Gasteiger partial charge on any atom is 0.123 e. The maximum atomic E-state index is 9.31. The average molecular weight is 406 g/mol. The molecule has 5 rings (SSSR count). The molecule has 4 aromatic rings. The van der Waals surface area contributed by atoms with E-state index >= 15 is 0 Å². The lowest BCUT2D eigenvalue weighted by Crippen LogP contribution is -2.47. The molecule has 150 valence electrons. The van der Waals surface area contributed by atoms with Crippen molar-refractivity contribution in [3.05, 3.63) is 55.0 Å². The quantitative estimate of drug-likeness (QED) is 0.547. The van der Waals surface area contributed by atoms with E-state index in [2.05, 4.69) is 27.2 Å². The summed E-state index contributed by atoms with van der Waals surface area (Å²) in [6, 6.07) is 16.1. The Morgan fingerprint density at radius 1 is 1.10 bits per heavy atom. The number of pyridine rings is 2. The smallest absolute Gasteiger partial charge is 0.123 e. The van der Waals surface area contributed by atoms with Crippen LogP contribution < -0.4 is 5.73 Å². The summed E-state index contributed by atoms with van der Waals surface area (Å²) in [6.45, 7) is 0. The second kappa shape index (κ2) is 7.19. The Balaban J connectivity index is 1.62. The fourth-order valence-corrected chi connectivity index (χ4v) is 4.23. The van der Waals surface area contributed by atoms with Gasteiger partial charge in [-0.3, -0.25) is 4.98 Å². The van der Waals surface area contributed by atoms with Crippen molar-refractivity contribution < 1.29 is 0 Å². The molecule has 31 heavy (non-hydrogen) atoms. The van der Waals surface area contributed by atoms with Crippen molar-refractivity contribution in [2.24, 2.45) is 5.92 Å². The normalized spacial score (nSPS) is 20.0. The van der Waals surface area contributed by atoms with Crippen molar-refractivity contribution in [3.8, 4) is 34.5 Å². The predicted molar refractivity (Wildman–Crippen MR) is 115 cm³/mol. The van der Waals surface area contributed by atoms with Crippen LogP contribution in [0, 0.1) is 28.6 Å². The van der Waals surface area contributed by atoms with Crippen LogP contribution in [0.15, 0.2) is 55.0 Å². The Bertz CT molecular complexity index is 1350. The maximum absolute atomic E-state index is 9.31. The lowest BCUT2D eigenvalue weighted by atomic mass is 9.68. The van der Waals surface area contributed by atoms with Gasteiger partial charge in [0, 0.05) is 28.9 Å². The molecular weight excluding hydrogens is 388 g/mol. The van der Waals surface area contributed by atoms with Gasteiger partial charge in [0.1, 0.15) is 11.5 Å². The molecule has 0 amide bonds. The van der Waals surface area contributed by atoms with Crippen LogP contribution in [0.5, 0.6) is 0 Å². The fraction of sp³-hybridized carbons (Fsp3) is 0.217. The summed E-state index contributed by atoms with van der Waals surface area (Å²) in [7, 11) is 0. The van der Waals surface area contributed by atoms with E-state index in [1.54, 1.807) is 29.5 Å². The van der Waals surface area contributed by atoms with E-state index in [0.717, 1.165) is 27.6 Å². The molecule has 2 N–H and O–H groups in total. The summed E-state index contributed by atoms with van der Waals surface area (Å²) in [4.78, 5) is 10.3. The van der Waals surface area contributed by atoms with E-state index in [1.165, 1.54) is 0 Å². The van der Waals surface area contributed by atoms with Crippen LogP contribution in [-0.4, -0.2) is 25.0 Å². The monoisotopic (exact) mass is 406 g/mol. The van der Waals surface area contributed by atoms with Gasteiger partial charge in [-0.05, 0) is 48.7 Å². The number of benzene rings is 1. The third-order valence-electron chi connectivity index (χ3n) is 5.88. The number of nitriles is 2. The number of hydrogen-bond acceptors (Lipinski definition) is 7. The van der Waals surface area contributed by atoms with Gasteiger partial charge in [0.25, 0.3) is 0 Å². The van der Waals surface area contributed by atoms with E-state index in [0.29, 0.717) is 24.4 Å². The van der Waals surface area contributed by atoms with Crippen molar-refractivity contribution >= 4 is 16.7 Å². The molecule has 0 unspecified atom stereocenters. The molecule has 0 bridgehead atoms. The van der Waals surface area contributed by atoms with Crippen LogP contribution in [0.2, 0.25) is 0 Å². The molecule has 1 aromatic carbocycles. The highest BCUT2D eigenvalue weighted by Gasteiger charge is 2.48. The van der Waals surface area contributed by atoms with Crippen molar-refractivity contribution in [1.82, 2.24) is 25.0 Å². The van der Waals surface area contributed by atoms with Crippen molar-refractivity contribution in [2.45, 2.75) is 24.8 Å². The van der Waals surface area contributed by atoms with Gasteiger partial charge < -0.3 is 5.73 Å².